The first-order valence-corrected chi connectivity index (χ1v) is 8.49. The van der Waals surface area contributed by atoms with E-state index in [9.17, 15) is 4.79 Å². The number of hydrogen-bond donors (Lipinski definition) is 1. The van der Waals surface area contributed by atoms with E-state index in [1.165, 1.54) is 4.90 Å². The number of amides is 1. The Labute approximate surface area is 153 Å². The summed E-state index contributed by atoms with van der Waals surface area (Å²) in [5.74, 6) is 1.03. The minimum Gasteiger partial charge on any atom is -0.445 e. The van der Waals surface area contributed by atoms with Gasteiger partial charge in [-0.15, -0.1) is 0 Å². The molecule has 1 amide bonds. The van der Waals surface area contributed by atoms with Gasteiger partial charge in [0.1, 0.15) is 22.6 Å². The second-order valence-electron chi connectivity index (χ2n) is 5.62. The van der Waals surface area contributed by atoms with Gasteiger partial charge in [0.25, 0.3) is 0 Å². The summed E-state index contributed by atoms with van der Waals surface area (Å²) in [6.45, 7) is 2.10. The largest absolute Gasteiger partial charge is 0.445 e. The van der Waals surface area contributed by atoms with Gasteiger partial charge < -0.3 is 15.4 Å². The van der Waals surface area contributed by atoms with Crippen molar-refractivity contribution in [3.05, 3.63) is 58.7 Å². The van der Waals surface area contributed by atoms with E-state index in [4.69, 9.17) is 10.5 Å². The first kappa shape index (κ1) is 17.2. The van der Waals surface area contributed by atoms with E-state index in [2.05, 4.69) is 25.9 Å². The number of carbonyl (C=O) groups excluding carboxylic acids is 1. The van der Waals surface area contributed by atoms with E-state index in [0.717, 1.165) is 5.56 Å². The molecule has 0 fully saturated rings. The number of nitrogens with zero attached hydrogens (tertiary/aromatic N) is 4. The number of halogens is 1. The summed E-state index contributed by atoms with van der Waals surface area (Å²) < 4.78 is 7.78. The molecule has 1 atom stereocenters. The molecule has 0 radical (unpaired) electrons. The Balaban J connectivity index is 1.77. The Morgan fingerprint density at radius 3 is 2.84 bits per heavy atom. The van der Waals surface area contributed by atoms with Crippen LogP contribution in [0.3, 0.4) is 0 Å². The van der Waals surface area contributed by atoms with Crippen molar-refractivity contribution >= 4 is 33.4 Å². The zero-order chi connectivity index (χ0) is 18.0. The molecule has 3 aromatic rings. The molecule has 3 rings (SSSR count). The summed E-state index contributed by atoms with van der Waals surface area (Å²) >= 11 is 3.40. The molecule has 0 bridgehead atoms. The van der Waals surface area contributed by atoms with Crippen LogP contribution in [0.2, 0.25) is 0 Å². The quantitative estimate of drug-likeness (QED) is 0.721. The van der Waals surface area contributed by atoms with Gasteiger partial charge in [-0.2, -0.15) is 0 Å². The molecule has 1 aromatic carbocycles. The molecule has 7 nitrogen and oxygen atoms in total. The molecule has 0 saturated carbocycles. The topological polar surface area (TPSA) is 85.8 Å². The monoisotopic (exact) mass is 403 g/mol. The second kappa shape index (κ2) is 7.10. The molecule has 2 N–H and O–H groups in total. The first-order chi connectivity index (χ1) is 12.0. The van der Waals surface area contributed by atoms with E-state index in [1.54, 1.807) is 19.4 Å². The number of imidazole rings is 1. The van der Waals surface area contributed by atoms with E-state index in [0.29, 0.717) is 21.8 Å². The Kier molecular flexibility index (Phi) is 4.89. The highest BCUT2D eigenvalue weighted by molar-refractivity contribution is 9.10. The lowest BCUT2D eigenvalue weighted by molar-refractivity contribution is 0.0921. The van der Waals surface area contributed by atoms with Crippen LogP contribution < -0.4 is 5.73 Å². The van der Waals surface area contributed by atoms with Gasteiger partial charge in [-0.25, -0.2) is 14.8 Å². The van der Waals surface area contributed by atoms with Gasteiger partial charge in [-0.1, -0.05) is 30.3 Å². The molecule has 25 heavy (non-hydrogen) atoms. The third-order valence-electron chi connectivity index (χ3n) is 4.02. The highest BCUT2D eigenvalue weighted by Gasteiger charge is 2.24. The van der Waals surface area contributed by atoms with Crippen LogP contribution >= 0.6 is 15.9 Å². The van der Waals surface area contributed by atoms with Crippen molar-refractivity contribution in [2.45, 2.75) is 19.6 Å². The van der Waals surface area contributed by atoms with Crippen molar-refractivity contribution in [2.75, 3.05) is 12.8 Å². The predicted molar refractivity (Wildman–Crippen MR) is 97.9 cm³/mol. The number of benzene rings is 1. The molecule has 2 aromatic heterocycles. The molecule has 2 heterocycles. The molecule has 0 aliphatic carbocycles. The summed E-state index contributed by atoms with van der Waals surface area (Å²) in [5, 5.41) is 0. The number of anilines is 1. The lowest BCUT2D eigenvalue weighted by Crippen LogP contribution is -2.31. The lowest BCUT2D eigenvalue weighted by atomic mass is 10.2. The van der Waals surface area contributed by atoms with Crippen molar-refractivity contribution in [3.63, 3.8) is 0 Å². The van der Waals surface area contributed by atoms with E-state index in [1.807, 2.05) is 41.7 Å². The molecule has 0 aliphatic heterocycles. The summed E-state index contributed by atoms with van der Waals surface area (Å²) in [6.07, 6.45) is 2.94. The molecular formula is C17H18BrN5O2. The van der Waals surface area contributed by atoms with Crippen LogP contribution in [0, 0.1) is 0 Å². The minimum atomic E-state index is -0.425. The molecular weight excluding hydrogens is 386 g/mol. The average Bonchev–Trinajstić information content (AvgIpc) is 2.97. The lowest BCUT2D eigenvalue weighted by Gasteiger charge is -2.23. The predicted octanol–water partition coefficient (Wildman–Crippen LogP) is 3.40. The van der Waals surface area contributed by atoms with E-state index in [-0.39, 0.29) is 12.6 Å². The van der Waals surface area contributed by atoms with Crippen LogP contribution in [0.25, 0.3) is 5.52 Å². The Hall–Kier alpha value is -2.61. The van der Waals surface area contributed by atoms with Crippen molar-refractivity contribution in [2.24, 2.45) is 0 Å². The van der Waals surface area contributed by atoms with Gasteiger partial charge in [0, 0.05) is 19.4 Å². The summed E-state index contributed by atoms with van der Waals surface area (Å²) in [4.78, 5) is 22.4. The molecule has 0 unspecified atom stereocenters. The van der Waals surface area contributed by atoms with Crippen LogP contribution in [-0.4, -0.2) is 32.4 Å². The third kappa shape index (κ3) is 3.43. The third-order valence-corrected chi connectivity index (χ3v) is 4.57. The molecule has 8 heteroatoms. The number of fused-ring (bicyclic) bond motifs is 1. The molecule has 0 spiro atoms. The Morgan fingerprint density at radius 2 is 2.12 bits per heavy atom. The van der Waals surface area contributed by atoms with Crippen molar-refractivity contribution in [1.29, 1.82) is 0 Å². The zero-order valence-corrected chi connectivity index (χ0v) is 15.5. The van der Waals surface area contributed by atoms with Crippen molar-refractivity contribution in [3.8, 4) is 0 Å². The number of carbonyl (C=O) groups is 1. The van der Waals surface area contributed by atoms with Gasteiger partial charge >= 0.3 is 6.09 Å². The summed E-state index contributed by atoms with van der Waals surface area (Å²) in [5.41, 5.74) is 7.52. The van der Waals surface area contributed by atoms with E-state index >= 15 is 0 Å². The summed E-state index contributed by atoms with van der Waals surface area (Å²) in [7, 11) is 1.68. The van der Waals surface area contributed by atoms with Crippen molar-refractivity contribution in [1.82, 2.24) is 19.3 Å². The molecule has 0 saturated heterocycles. The fraction of sp³-hybridized carbons (Fsp3) is 0.235. The highest BCUT2D eigenvalue weighted by Crippen LogP contribution is 2.28. The Bertz CT molecular complexity index is 897. The first-order valence-electron chi connectivity index (χ1n) is 7.70. The average molecular weight is 404 g/mol. The number of hydrogen-bond acceptors (Lipinski definition) is 5. The highest BCUT2D eigenvalue weighted by atomic mass is 79.9. The van der Waals surface area contributed by atoms with E-state index < -0.39 is 6.09 Å². The summed E-state index contributed by atoms with van der Waals surface area (Å²) in [6, 6.07) is 9.23. The maximum absolute atomic E-state index is 12.4. The normalized spacial score (nSPS) is 12.1. The Morgan fingerprint density at radius 1 is 1.40 bits per heavy atom. The van der Waals surface area contributed by atoms with Crippen LogP contribution in [-0.2, 0) is 11.3 Å². The van der Waals surface area contributed by atoms with Crippen LogP contribution in [0.4, 0.5) is 10.6 Å². The zero-order valence-electron chi connectivity index (χ0n) is 13.9. The van der Waals surface area contributed by atoms with Gasteiger partial charge in [0.05, 0.1) is 6.04 Å². The number of ether oxygens (including phenoxy) is 1. The van der Waals surface area contributed by atoms with Gasteiger partial charge in [0.2, 0.25) is 0 Å². The number of aromatic nitrogens is 3. The number of nitrogens with two attached hydrogens (primary N) is 1. The van der Waals surface area contributed by atoms with Gasteiger partial charge in [-0.05, 0) is 28.4 Å². The smallest absolute Gasteiger partial charge is 0.410 e. The van der Waals surface area contributed by atoms with Crippen LogP contribution in [0.5, 0.6) is 0 Å². The molecule has 0 aliphatic rings. The fourth-order valence-electron chi connectivity index (χ4n) is 2.49. The van der Waals surface area contributed by atoms with Gasteiger partial charge in [-0.3, -0.25) is 4.40 Å². The SMILES string of the molecule is C[C@@H](c1nc(Br)c2c(N)nccn12)N(C)C(=O)OCc1ccccc1. The standard InChI is InChI=1S/C17H18BrN5O2/c1-11(16-21-14(18)13-15(19)20-8-9-23(13)16)22(2)17(24)25-10-12-6-4-3-5-7-12/h3-9,11H,10H2,1-2H3,(H2,19,20)/t11-/m0/s1. The van der Waals surface area contributed by atoms with Gasteiger partial charge in [0.15, 0.2) is 5.82 Å². The fourth-order valence-corrected chi connectivity index (χ4v) is 3.07. The van der Waals surface area contributed by atoms with Crippen LogP contribution in [0.1, 0.15) is 24.4 Å². The minimum absolute atomic E-state index is 0.222. The second-order valence-corrected chi connectivity index (χ2v) is 6.37. The number of rotatable bonds is 4. The molecule has 130 valence electrons. The van der Waals surface area contributed by atoms with Crippen LogP contribution in [0.15, 0.2) is 47.3 Å². The number of nitrogen functional groups attached to an aromatic ring is 1. The maximum Gasteiger partial charge on any atom is 0.410 e. The van der Waals surface area contributed by atoms with Crippen molar-refractivity contribution < 1.29 is 9.53 Å². The maximum atomic E-state index is 12.4.